The summed E-state index contributed by atoms with van der Waals surface area (Å²) in [6.07, 6.45) is 1.37. The number of halogens is 2. The van der Waals surface area contributed by atoms with Crippen molar-refractivity contribution in [3.05, 3.63) is 76.2 Å². The number of benzene rings is 2. The SMILES string of the molecule is COC(=O)[C@@H](CCCOc1ccc(Cl)c(Cl)c1C(O)c1cnn2c(N(C)c3ccccc3)ncnc12)NC(=O)OC(C)(C)C. The number of rotatable bonds is 11. The lowest BCUT2D eigenvalue weighted by atomic mass is 10.0. The van der Waals surface area contributed by atoms with Crippen LogP contribution in [0.25, 0.3) is 5.65 Å². The number of nitrogens with zero attached hydrogens (tertiary/aromatic N) is 5. The summed E-state index contributed by atoms with van der Waals surface area (Å²) in [5.74, 6) is 0.138. The number of anilines is 2. The van der Waals surface area contributed by atoms with Crippen molar-refractivity contribution in [3.8, 4) is 5.75 Å². The third kappa shape index (κ3) is 7.68. The molecule has 4 rings (SSSR count). The van der Waals surface area contributed by atoms with Gasteiger partial charge in [-0.3, -0.25) is 0 Å². The van der Waals surface area contributed by atoms with Gasteiger partial charge >= 0.3 is 12.1 Å². The number of fused-ring (bicyclic) bond motifs is 1. The van der Waals surface area contributed by atoms with Crippen molar-refractivity contribution < 1.29 is 28.9 Å². The van der Waals surface area contributed by atoms with Crippen LogP contribution >= 0.6 is 23.2 Å². The molecule has 4 aromatic rings. The van der Waals surface area contributed by atoms with Crippen molar-refractivity contribution in [2.75, 3.05) is 25.7 Å². The predicted molar refractivity (Wildman–Crippen MR) is 166 cm³/mol. The molecule has 0 aliphatic rings. The molecule has 234 valence electrons. The van der Waals surface area contributed by atoms with Crippen molar-refractivity contribution >= 4 is 52.5 Å². The number of aliphatic hydroxyl groups excluding tert-OH is 1. The lowest BCUT2D eigenvalue weighted by molar-refractivity contribution is -0.143. The van der Waals surface area contributed by atoms with Crippen molar-refractivity contribution in [3.63, 3.8) is 0 Å². The minimum atomic E-state index is -1.31. The summed E-state index contributed by atoms with van der Waals surface area (Å²) >= 11 is 12.9. The Morgan fingerprint density at radius 1 is 1.11 bits per heavy atom. The molecule has 1 unspecified atom stereocenters. The van der Waals surface area contributed by atoms with E-state index in [4.69, 9.17) is 37.4 Å². The summed E-state index contributed by atoms with van der Waals surface area (Å²) in [6.45, 7) is 5.28. The Kier molecular flexibility index (Phi) is 10.5. The quantitative estimate of drug-likeness (QED) is 0.159. The van der Waals surface area contributed by atoms with Crippen molar-refractivity contribution in [1.82, 2.24) is 24.9 Å². The number of hydrogen-bond acceptors (Lipinski definition) is 10. The fourth-order valence-electron chi connectivity index (χ4n) is 4.40. The number of alkyl carbamates (subject to hydrolysis) is 1. The third-order valence-corrected chi connectivity index (χ3v) is 7.31. The molecule has 0 aliphatic carbocycles. The van der Waals surface area contributed by atoms with Gasteiger partial charge in [-0.25, -0.2) is 19.6 Å². The van der Waals surface area contributed by atoms with Gasteiger partial charge in [0.05, 0.1) is 35.5 Å². The monoisotopic (exact) mass is 644 g/mol. The number of aliphatic hydroxyl groups is 1. The highest BCUT2D eigenvalue weighted by Gasteiger charge is 2.27. The Hall–Kier alpha value is -4.13. The Morgan fingerprint density at radius 3 is 2.52 bits per heavy atom. The number of amides is 1. The van der Waals surface area contributed by atoms with E-state index in [2.05, 4.69) is 20.4 Å². The van der Waals surface area contributed by atoms with Gasteiger partial charge in [0.25, 0.3) is 0 Å². The van der Waals surface area contributed by atoms with Crippen LogP contribution in [-0.4, -0.2) is 69.2 Å². The smallest absolute Gasteiger partial charge is 0.408 e. The Labute approximate surface area is 264 Å². The topological polar surface area (TPSA) is 140 Å². The van der Waals surface area contributed by atoms with Crippen molar-refractivity contribution in [2.45, 2.75) is 51.4 Å². The van der Waals surface area contributed by atoms with E-state index >= 15 is 0 Å². The van der Waals surface area contributed by atoms with Crippen molar-refractivity contribution in [2.24, 2.45) is 0 Å². The minimum Gasteiger partial charge on any atom is -0.493 e. The molecule has 1 amide bonds. The Morgan fingerprint density at radius 2 is 1.84 bits per heavy atom. The summed E-state index contributed by atoms with van der Waals surface area (Å²) in [5.41, 5.74) is 1.10. The van der Waals surface area contributed by atoms with Gasteiger partial charge < -0.3 is 29.5 Å². The van der Waals surface area contributed by atoms with Crippen LogP contribution in [-0.2, 0) is 14.3 Å². The maximum atomic E-state index is 12.3. The molecular formula is C30H34Cl2N6O6. The lowest BCUT2D eigenvalue weighted by Crippen LogP contribution is -2.44. The second-order valence-electron chi connectivity index (χ2n) is 10.8. The normalized spacial score (nSPS) is 12.8. The molecule has 2 aromatic carbocycles. The third-order valence-electron chi connectivity index (χ3n) is 6.49. The first-order valence-electron chi connectivity index (χ1n) is 13.7. The number of methoxy groups -OCH3 is 1. The highest BCUT2D eigenvalue weighted by Crippen LogP contribution is 2.41. The number of carbonyl (C=O) groups is 2. The molecule has 0 spiro atoms. The second-order valence-corrected chi connectivity index (χ2v) is 11.6. The summed E-state index contributed by atoms with van der Waals surface area (Å²) in [6, 6.07) is 11.8. The molecule has 14 heteroatoms. The van der Waals surface area contributed by atoms with E-state index in [1.165, 1.54) is 24.1 Å². The molecule has 0 saturated carbocycles. The van der Waals surface area contributed by atoms with E-state index in [1.54, 1.807) is 32.9 Å². The lowest BCUT2D eigenvalue weighted by Gasteiger charge is -2.23. The first kappa shape index (κ1) is 32.8. The van der Waals surface area contributed by atoms with Crippen LogP contribution in [0.1, 0.15) is 50.8 Å². The van der Waals surface area contributed by atoms with E-state index < -0.39 is 29.8 Å². The van der Waals surface area contributed by atoms with Crippen LogP contribution < -0.4 is 15.0 Å². The number of carbonyl (C=O) groups excluding carboxylic acids is 2. The zero-order chi connectivity index (χ0) is 32.0. The second kappa shape index (κ2) is 14.1. The van der Waals surface area contributed by atoms with Gasteiger partial charge in [0.15, 0.2) is 5.65 Å². The highest BCUT2D eigenvalue weighted by molar-refractivity contribution is 6.42. The molecular weight excluding hydrogens is 611 g/mol. The molecule has 0 radical (unpaired) electrons. The highest BCUT2D eigenvalue weighted by atomic mass is 35.5. The van der Waals surface area contributed by atoms with Crippen LogP contribution in [0.5, 0.6) is 5.75 Å². The molecule has 0 aliphatic heterocycles. The number of nitrogens with one attached hydrogen (secondary N) is 1. The van der Waals surface area contributed by atoms with Crippen LogP contribution in [0.4, 0.5) is 16.4 Å². The number of esters is 1. The number of hydrogen-bond donors (Lipinski definition) is 2. The van der Waals surface area contributed by atoms with E-state index in [1.807, 2.05) is 42.3 Å². The van der Waals surface area contributed by atoms with Gasteiger partial charge in [-0.1, -0.05) is 41.4 Å². The molecule has 0 bridgehead atoms. The van der Waals surface area contributed by atoms with Gasteiger partial charge in [-0.2, -0.15) is 9.61 Å². The fourth-order valence-corrected chi connectivity index (χ4v) is 4.83. The zero-order valence-corrected chi connectivity index (χ0v) is 26.5. The van der Waals surface area contributed by atoms with E-state index in [9.17, 15) is 14.7 Å². The van der Waals surface area contributed by atoms with Crippen LogP contribution in [0.2, 0.25) is 10.0 Å². The van der Waals surface area contributed by atoms with Crippen LogP contribution in [0.15, 0.2) is 55.0 Å². The average Bonchev–Trinajstić information content (AvgIpc) is 3.43. The predicted octanol–water partition coefficient (Wildman–Crippen LogP) is 5.51. The standard InChI is InChI=1S/C30H34Cl2N6O6/c1-30(2,3)44-29(41)36-21(27(40)42-5)12-9-15-43-22-14-13-20(31)24(32)23(22)25(39)19-16-35-38-26(19)33-17-34-28(38)37(4)18-10-7-6-8-11-18/h6-8,10-11,13-14,16-17,21,25,39H,9,12,15H2,1-5H3,(H,36,41)/t21-,25?/m1/s1. The number of para-hydroxylation sites is 1. The minimum absolute atomic E-state index is 0.103. The molecule has 2 heterocycles. The van der Waals surface area contributed by atoms with Gasteiger partial charge in [0, 0.05) is 18.3 Å². The van der Waals surface area contributed by atoms with Gasteiger partial charge in [0.1, 0.15) is 29.8 Å². The molecule has 2 aromatic heterocycles. The Bertz CT molecular complexity index is 1610. The maximum absolute atomic E-state index is 12.3. The average molecular weight is 646 g/mol. The van der Waals surface area contributed by atoms with Gasteiger partial charge in [-0.15, -0.1) is 0 Å². The number of aromatic nitrogens is 4. The van der Waals surface area contributed by atoms with Crippen molar-refractivity contribution in [1.29, 1.82) is 0 Å². The van der Waals surface area contributed by atoms with Crippen LogP contribution in [0.3, 0.4) is 0 Å². The first-order valence-corrected chi connectivity index (χ1v) is 14.5. The Balaban J connectivity index is 1.53. The van der Waals surface area contributed by atoms with E-state index in [0.717, 1.165) is 5.69 Å². The summed E-state index contributed by atoms with van der Waals surface area (Å²) in [5, 5.41) is 18.9. The molecule has 0 fully saturated rings. The zero-order valence-electron chi connectivity index (χ0n) is 25.0. The fraction of sp³-hybridized carbons (Fsp3) is 0.367. The largest absolute Gasteiger partial charge is 0.493 e. The van der Waals surface area contributed by atoms with Gasteiger partial charge in [-0.05, 0) is 57.9 Å². The van der Waals surface area contributed by atoms with Gasteiger partial charge in [0.2, 0.25) is 5.95 Å². The summed E-state index contributed by atoms with van der Waals surface area (Å²) in [4.78, 5) is 35.1. The molecule has 2 atom stereocenters. The summed E-state index contributed by atoms with van der Waals surface area (Å²) < 4.78 is 17.6. The summed E-state index contributed by atoms with van der Waals surface area (Å²) in [7, 11) is 3.09. The molecule has 0 saturated heterocycles. The molecule has 12 nitrogen and oxygen atoms in total. The maximum Gasteiger partial charge on any atom is 0.408 e. The molecule has 2 N–H and O–H groups in total. The number of ether oxygens (including phenoxy) is 3. The molecule has 44 heavy (non-hydrogen) atoms. The van der Waals surface area contributed by atoms with E-state index in [0.29, 0.717) is 23.6 Å². The van der Waals surface area contributed by atoms with E-state index in [-0.39, 0.29) is 34.4 Å². The first-order chi connectivity index (χ1) is 20.9. The van der Waals surface area contributed by atoms with Crippen LogP contribution in [0, 0.1) is 0 Å².